The van der Waals surface area contributed by atoms with Crippen molar-refractivity contribution in [3.8, 4) is 0 Å². The van der Waals surface area contributed by atoms with Gasteiger partial charge in [-0.15, -0.1) is 0 Å². The van der Waals surface area contributed by atoms with Crippen LogP contribution in [0.3, 0.4) is 0 Å². The molecule has 0 aliphatic carbocycles. The minimum absolute atomic E-state index is 0.375. The van der Waals surface area contributed by atoms with Gasteiger partial charge in [0.05, 0.1) is 12.1 Å². The monoisotopic (exact) mass is 437 g/mol. The normalized spacial score (nSPS) is 13.7. The zero-order chi connectivity index (χ0) is 13.8. The third-order valence-electron chi connectivity index (χ3n) is 2.92. The molecule has 0 saturated carbocycles. The van der Waals surface area contributed by atoms with E-state index in [0.29, 0.717) is 13.6 Å². The number of rotatable bonds is 6. The summed E-state index contributed by atoms with van der Waals surface area (Å²) in [5.41, 5.74) is -1.56. The van der Waals surface area contributed by atoms with Gasteiger partial charge in [-0.1, -0.05) is 15.9 Å². The Kier molecular flexibility index (Phi) is 6.37. The van der Waals surface area contributed by atoms with E-state index in [4.69, 9.17) is 0 Å². The highest BCUT2D eigenvalue weighted by molar-refractivity contribution is 14.1. The first-order valence-corrected chi connectivity index (χ1v) is 7.02. The largest absolute Gasteiger partial charge is 0.250 e. The summed E-state index contributed by atoms with van der Waals surface area (Å²) < 4.78 is 53.3. The van der Waals surface area contributed by atoms with Gasteiger partial charge in [0.1, 0.15) is 20.0 Å². The van der Waals surface area contributed by atoms with Crippen molar-refractivity contribution >= 4 is 38.5 Å². The lowest BCUT2D eigenvalue weighted by molar-refractivity contribution is 0.0690. The number of hydrogen-bond acceptors (Lipinski definition) is 0. The van der Waals surface area contributed by atoms with E-state index >= 15 is 0 Å². The highest BCUT2D eigenvalue weighted by Crippen LogP contribution is 2.39. The Morgan fingerprint density at radius 3 is 2.11 bits per heavy atom. The van der Waals surface area contributed by atoms with Crippen LogP contribution in [0, 0.1) is 15.1 Å². The number of halogens is 6. The lowest BCUT2D eigenvalue weighted by atomic mass is 9.75. The van der Waals surface area contributed by atoms with Crippen molar-refractivity contribution in [2.24, 2.45) is 5.41 Å². The van der Waals surface area contributed by atoms with Gasteiger partial charge in [0, 0.05) is 20.0 Å². The maximum atomic E-state index is 13.1. The molecule has 0 aliphatic heterocycles. The van der Waals surface area contributed by atoms with Gasteiger partial charge in [-0.3, -0.25) is 17.6 Å². The minimum Gasteiger partial charge on any atom is -0.250 e. The molecule has 0 fully saturated rings. The maximum Gasteiger partial charge on any atom is 0.101 e. The van der Waals surface area contributed by atoms with Gasteiger partial charge >= 0.3 is 0 Å². The molecule has 1 unspecified atom stereocenters. The van der Waals surface area contributed by atoms with Crippen LogP contribution in [0.25, 0.3) is 0 Å². The second-order valence-corrected chi connectivity index (χ2v) is 6.10. The van der Waals surface area contributed by atoms with E-state index in [-0.39, 0.29) is 0 Å². The van der Waals surface area contributed by atoms with Crippen LogP contribution < -0.4 is 0 Å². The summed E-state index contributed by atoms with van der Waals surface area (Å²) in [7, 11) is 0. The predicted molar refractivity (Wildman–Crippen MR) is 74.8 cm³/mol. The third kappa shape index (κ3) is 3.37. The van der Waals surface area contributed by atoms with Gasteiger partial charge in [0.25, 0.3) is 0 Å². The molecule has 101 valence electrons. The average Bonchev–Trinajstić information content (AvgIpc) is 2.35. The Labute approximate surface area is 125 Å². The van der Waals surface area contributed by atoms with Crippen LogP contribution in [0.5, 0.6) is 0 Å². The fourth-order valence-electron chi connectivity index (χ4n) is 1.71. The van der Waals surface area contributed by atoms with E-state index in [2.05, 4.69) is 22.0 Å². The molecule has 0 bridgehead atoms. The fourth-order valence-corrected chi connectivity index (χ4v) is 3.21. The van der Waals surface area contributed by atoms with Crippen molar-refractivity contribution in [2.45, 2.75) is 5.92 Å². The van der Waals surface area contributed by atoms with Gasteiger partial charge in [-0.2, -0.15) is 0 Å². The second kappa shape index (κ2) is 7.07. The molecule has 1 aromatic rings. The fraction of sp³-hybridized carbons (Fsp3) is 0.500. The predicted octanol–water partition coefficient (Wildman–Crippen LogP) is 4.80. The molecule has 0 saturated heterocycles. The standard InChI is InChI=1S/C12H11BrF4I/c13-9-1-8(2-10(18)3-9)11(4-14)12(5-15,6-16)7-17/h1-2,11H,4-7H2. The first kappa shape index (κ1) is 16.2. The molecule has 1 aromatic carbocycles. The zero-order valence-corrected chi connectivity index (χ0v) is 13.1. The van der Waals surface area contributed by atoms with Crippen LogP contribution in [-0.2, 0) is 0 Å². The van der Waals surface area contributed by atoms with Crippen LogP contribution in [0.1, 0.15) is 11.5 Å². The molecule has 1 radical (unpaired) electrons. The summed E-state index contributed by atoms with van der Waals surface area (Å²) in [4.78, 5) is 0. The minimum atomic E-state index is -1.93. The van der Waals surface area contributed by atoms with Crippen LogP contribution in [-0.4, -0.2) is 26.7 Å². The number of alkyl halides is 4. The lowest BCUT2D eigenvalue weighted by Crippen LogP contribution is -2.37. The topological polar surface area (TPSA) is 0 Å². The quantitative estimate of drug-likeness (QED) is 0.443. The van der Waals surface area contributed by atoms with Gasteiger partial charge in [-0.05, 0) is 40.3 Å². The summed E-state index contributed by atoms with van der Waals surface area (Å²) >= 11 is 5.13. The first-order valence-electron chi connectivity index (χ1n) is 5.15. The van der Waals surface area contributed by atoms with Crippen molar-refractivity contribution in [3.05, 3.63) is 31.8 Å². The number of hydrogen-bond donors (Lipinski definition) is 0. The molecule has 0 nitrogen and oxygen atoms in total. The molecule has 1 atom stereocenters. The lowest BCUT2D eigenvalue weighted by Gasteiger charge is -2.32. The highest BCUT2D eigenvalue weighted by Gasteiger charge is 2.41. The van der Waals surface area contributed by atoms with E-state index in [9.17, 15) is 17.6 Å². The van der Waals surface area contributed by atoms with Gasteiger partial charge in [0.15, 0.2) is 0 Å². The van der Waals surface area contributed by atoms with E-state index in [1.807, 2.05) is 22.6 Å². The molecular weight excluding hydrogens is 427 g/mol. The van der Waals surface area contributed by atoms with Crippen molar-refractivity contribution in [2.75, 3.05) is 26.7 Å². The van der Waals surface area contributed by atoms with E-state index in [1.165, 1.54) is 6.07 Å². The molecule has 6 heteroatoms. The van der Waals surface area contributed by atoms with Crippen LogP contribution >= 0.6 is 38.5 Å². The molecular formula is C12H11BrF4I. The summed E-state index contributed by atoms with van der Waals surface area (Å²) in [5, 5.41) is 0. The molecule has 0 aromatic heterocycles. The van der Waals surface area contributed by atoms with Crippen molar-refractivity contribution < 1.29 is 17.6 Å². The molecule has 0 N–H and O–H groups in total. The Balaban J connectivity index is 3.22. The SMILES string of the molecule is FCC(c1cc(Br)[c]c(I)c1)C(CF)(CF)CF. The van der Waals surface area contributed by atoms with Gasteiger partial charge in [-0.25, -0.2) is 0 Å². The second-order valence-electron chi connectivity index (χ2n) is 4.08. The average molecular weight is 438 g/mol. The van der Waals surface area contributed by atoms with Crippen molar-refractivity contribution in [1.82, 2.24) is 0 Å². The Bertz CT molecular complexity index is 367. The van der Waals surface area contributed by atoms with Crippen molar-refractivity contribution in [1.29, 1.82) is 0 Å². The summed E-state index contributed by atoms with van der Waals surface area (Å²) in [6.45, 7) is -4.71. The van der Waals surface area contributed by atoms with Gasteiger partial charge < -0.3 is 0 Å². The van der Waals surface area contributed by atoms with Crippen LogP contribution in [0.4, 0.5) is 17.6 Å². The van der Waals surface area contributed by atoms with E-state index in [0.717, 1.165) is 0 Å². The Morgan fingerprint density at radius 2 is 1.72 bits per heavy atom. The van der Waals surface area contributed by atoms with Crippen molar-refractivity contribution in [3.63, 3.8) is 0 Å². The molecule has 0 amide bonds. The van der Waals surface area contributed by atoms with E-state index < -0.39 is 38.0 Å². The molecule has 1 rings (SSSR count). The van der Waals surface area contributed by atoms with Gasteiger partial charge in [0.2, 0.25) is 0 Å². The Hall–Kier alpha value is 0.150. The van der Waals surface area contributed by atoms with E-state index in [1.54, 1.807) is 6.07 Å². The molecule has 0 heterocycles. The van der Waals surface area contributed by atoms with Crippen LogP contribution in [0.15, 0.2) is 16.6 Å². The first-order chi connectivity index (χ1) is 8.52. The number of benzene rings is 1. The smallest absolute Gasteiger partial charge is 0.101 e. The molecule has 18 heavy (non-hydrogen) atoms. The molecule has 0 spiro atoms. The zero-order valence-electron chi connectivity index (χ0n) is 9.33. The molecule has 0 aliphatic rings. The summed E-state index contributed by atoms with van der Waals surface area (Å²) in [5.74, 6) is -1.14. The Morgan fingerprint density at radius 1 is 1.17 bits per heavy atom. The summed E-state index contributed by atoms with van der Waals surface area (Å²) in [6.07, 6.45) is 0. The highest BCUT2D eigenvalue weighted by atomic mass is 127. The third-order valence-corrected chi connectivity index (χ3v) is 3.93. The maximum absolute atomic E-state index is 13.1. The van der Waals surface area contributed by atoms with Crippen LogP contribution in [0.2, 0.25) is 0 Å². The summed E-state index contributed by atoms with van der Waals surface area (Å²) in [6, 6.07) is 5.97.